The largest absolute Gasteiger partial charge is 0.487 e. The van der Waals surface area contributed by atoms with E-state index in [1.165, 1.54) is 4.90 Å². The normalized spacial score (nSPS) is 11.2. The number of halogens is 1. The second-order valence-electron chi connectivity index (χ2n) is 9.18. The van der Waals surface area contributed by atoms with Gasteiger partial charge in [0.05, 0.1) is 23.9 Å². The molecule has 1 amide bonds. The van der Waals surface area contributed by atoms with Crippen LogP contribution in [0.3, 0.4) is 0 Å². The predicted molar refractivity (Wildman–Crippen MR) is 140 cm³/mol. The maximum atomic E-state index is 12.4. The number of pyridine rings is 2. The third-order valence-electron chi connectivity index (χ3n) is 5.75. The van der Waals surface area contributed by atoms with Crippen LogP contribution in [0.1, 0.15) is 30.7 Å². The molecular weight excluding hydrogens is 478 g/mol. The number of aromatic nitrogens is 4. The highest BCUT2D eigenvalue weighted by Gasteiger charge is 2.17. The molecule has 0 radical (unpaired) electrons. The molecule has 0 N–H and O–H groups in total. The minimum atomic E-state index is -0.396. The van der Waals surface area contributed by atoms with E-state index in [4.69, 9.17) is 26.1 Å². The Morgan fingerprint density at radius 3 is 2.75 bits per heavy atom. The van der Waals surface area contributed by atoms with Crippen molar-refractivity contribution in [1.82, 2.24) is 24.6 Å². The Kier molecular flexibility index (Phi) is 7.74. The zero-order chi connectivity index (χ0) is 25.8. The molecule has 36 heavy (non-hydrogen) atoms. The van der Waals surface area contributed by atoms with Crippen LogP contribution in [0.15, 0.2) is 48.9 Å². The lowest BCUT2D eigenvalue weighted by molar-refractivity contribution is 0.0978. The molecule has 4 aromatic rings. The van der Waals surface area contributed by atoms with Gasteiger partial charge < -0.3 is 14.4 Å². The first-order chi connectivity index (χ1) is 17.2. The van der Waals surface area contributed by atoms with Gasteiger partial charge in [-0.3, -0.25) is 9.67 Å². The van der Waals surface area contributed by atoms with Crippen LogP contribution in [0.4, 0.5) is 4.79 Å². The Morgan fingerprint density at radius 2 is 2.03 bits per heavy atom. The predicted octanol–water partition coefficient (Wildman–Crippen LogP) is 5.80. The summed E-state index contributed by atoms with van der Waals surface area (Å²) in [4.78, 5) is 22.8. The number of rotatable bonds is 8. The highest BCUT2D eigenvalue weighted by atomic mass is 35.5. The van der Waals surface area contributed by atoms with Crippen molar-refractivity contribution in [2.24, 2.45) is 13.0 Å². The molecule has 0 saturated heterocycles. The van der Waals surface area contributed by atoms with Crippen LogP contribution in [0.25, 0.3) is 22.2 Å². The lowest BCUT2D eigenvalue weighted by Crippen LogP contribution is -2.28. The molecular formula is C27H30ClN5O3. The minimum Gasteiger partial charge on any atom is -0.487 e. The fraction of sp³-hybridized carbons (Fsp3) is 0.333. The molecule has 0 spiro atoms. The van der Waals surface area contributed by atoms with Gasteiger partial charge >= 0.3 is 6.09 Å². The van der Waals surface area contributed by atoms with Gasteiger partial charge in [0.2, 0.25) is 0 Å². The highest BCUT2D eigenvalue weighted by Crippen LogP contribution is 2.33. The van der Waals surface area contributed by atoms with E-state index in [0.717, 1.165) is 39.0 Å². The van der Waals surface area contributed by atoms with Crippen molar-refractivity contribution in [1.29, 1.82) is 0 Å². The van der Waals surface area contributed by atoms with Crippen LogP contribution in [-0.4, -0.2) is 44.4 Å². The molecule has 0 atom stereocenters. The summed E-state index contributed by atoms with van der Waals surface area (Å²) in [6, 6.07) is 9.90. The van der Waals surface area contributed by atoms with Crippen molar-refractivity contribution in [3.05, 3.63) is 70.8 Å². The second-order valence-corrected chi connectivity index (χ2v) is 9.59. The summed E-state index contributed by atoms with van der Waals surface area (Å²) < 4.78 is 13.4. The van der Waals surface area contributed by atoms with Crippen molar-refractivity contribution in [2.45, 2.75) is 33.9 Å². The molecule has 0 fully saturated rings. The SMILES string of the molecule is Cc1cc(-c2ccnn2C)c2cccc(OCc3c(Cl)cncc3CN(C)C(=O)OCC(C)C)c2n1. The number of carbonyl (C=O) groups excluding carboxylic acids is 1. The smallest absolute Gasteiger partial charge is 0.409 e. The molecule has 0 saturated carbocycles. The highest BCUT2D eigenvalue weighted by molar-refractivity contribution is 6.31. The molecule has 3 aromatic heterocycles. The molecule has 8 nitrogen and oxygen atoms in total. The number of fused-ring (bicyclic) bond motifs is 1. The van der Waals surface area contributed by atoms with Crippen LogP contribution in [0.5, 0.6) is 5.75 Å². The molecule has 0 aliphatic carbocycles. The average molecular weight is 508 g/mol. The van der Waals surface area contributed by atoms with E-state index in [2.05, 4.69) is 16.1 Å². The second kappa shape index (κ2) is 11.0. The first-order valence-corrected chi connectivity index (χ1v) is 12.1. The third-order valence-corrected chi connectivity index (χ3v) is 6.08. The topological polar surface area (TPSA) is 82.4 Å². The summed E-state index contributed by atoms with van der Waals surface area (Å²) in [5, 5.41) is 5.75. The van der Waals surface area contributed by atoms with E-state index in [9.17, 15) is 4.79 Å². The number of ether oxygens (including phenoxy) is 2. The van der Waals surface area contributed by atoms with Crippen molar-refractivity contribution < 1.29 is 14.3 Å². The summed E-state index contributed by atoms with van der Waals surface area (Å²) in [5.41, 5.74) is 5.20. The van der Waals surface area contributed by atoms with Gasteiger partial charge in [0.15, 0.2) is 0 Å². The molecule has 9 heteroatoms. The number of para-hydroxylation sites is 1. The zero-order valence-electron chi connectivity index (χ0n) is 21.2. The van der Waals surface area contributed by atoms with E-state index >= 15 is 0 Å². The van der Waals surface area contributed by atoms with Crippen molar-refractivity contribution in [3.8, 4) is 17.0 Å². The standard InChI is InChI=1S/C27H30ClN5O3/c1-17(2)15-36-27(34)32(4)14-19-12-29-13-23(28)22(19)16-35-25-8-6-7-20-21(11-18(3)31-26(20)25)24-9-10-30-33(24)5/h6-13,17H,14-16H2,1-5H3. The van der Waals surface area contributed by atoms with Crippen LogP contribution < -0.4 is 4.74 Å². The first kappa shape index (κ1) is 25.4. The van der Waals surface area contributed by atoms with Gasteiger partial charge in [0.1, 0.15) is 17.9 Å². The van der Waals surface area contributed by atoms with Crippen LogP contribution in [0.2, 0.25) is 5.02 Å². The lowest BCUT2D eigenvalue weighted by atomic mass is 10.0. The van der Waals surface area contributed by atoms with Gasteiger partial charge in [-0.05, 0) is 36.6 Å². The Bertz CT molecular complexity index is 1390. The fourth-order valence-electron chi connectivity index (χ4n) is 3.93. The number of nitrogens with zero attached hydrogens (tertiary/aromatic N) is 5. The van der Waals surface area contributed by atoms with Gasteiger partial charge in [-0.25, -0.2) is 9.78 Å². The number of carbonyl (C=O) groups is 1. The van der Waals surface area contributed by atoms with Gasteiger partial charge in [-0.2, -0.15) is 5.10 Å². The molecule has 188 valence electrons. The number of hydrogen-bond acceptors (Lipinski definition) is 6. The molecule has 0 aliphatic heterocycles. The number of aryl methyl sites for hydroxylation is 2. The van der Waals surface area contributed by atoms with Crippen LogP contribution in [-0.2, 0) is 24.9 Å². The van der Waals surface area contributed by atoms with Crippen molar-refractivity contribution in [3.63, 3.8) is 0 Å². The monoisotopic (exact) mass is 507 g/mol. The van der Waals surface area contributed by atoms with Gasteiger partial charge in [-0.1, -0.05) is 37.6 Å². The third kappa shape index (κ3) is 5.60. The van der Waals surface area contributed by atoms with E-state index in [0.29, 0.717) is 23.9 Å². The van der Waals surface area contributed by atoms with E-state index in [-0.39, 0.29) is 12.5 Å². The molecule has 0 unspecified atom stereocenters. The molecule has 0 bridgehead atoms. The minimum absolute atomic E-state index is 0.196. The maximum Gasteiger partial charge on any atom is 0.409 e. The molecule has 0 aliphatic rings. The summed E-state index contributed by atoms with van der Waals surface area (Å²) in [6.07, 6.45) is 4.65. The van der Waals surface area contributed by atoms with Crippen molar-refractivity contribution >= 4 is 28.6 Å². The number of amides is 1. The Morgan fingerprint density at radius 1 is 1.22 bits per heavy atom. The summed E-state index contributed by atoms with van der Waals surface area (Å²) in [5.74, 6) is 0.902. The summed E-state index contributed by atoms with van der Waals surface area (Å²) in [7, 11) is 3.60. The van der Waals surface area contributed by atoms with E-state index < -0.39 is 6.09 Å². The van der Waals surface area contributed by atoms with E-state index in [1.54, 1.807) is 25.6 Å². The van der Waals surface area contributed by atoms with Gasteiger partial charge in [0.25, 0.3) is 0 Å². The van der Waals surface area contributed by atoms with Gasteiger partial charge in [-0.15, -0.1) is 0 Å². The van der Waals surface area contributed by atoms with Gasteiger partial charge in [0, 0.05) is 54.9 Å². The fourth-order valence-corrected chi connectivity index (χ4v) is 4.17. The Hall–Kier alpha value is -3.65. The lowest BCUT2D eigenvalue weighted by Gasteiger charge is -2.20. The average Bonchev–Trinajstić information content (AvgIpc) is 3.27. The quantitative estimate of drug-likeness (QED) is 0.300. The number of hydrogen-bond donors (Lipinski definition) is 0. The Balaban J connectivity index is 1.60. The molecule has 3 heterocycles. The zero-order valence-corrected chi connectivity index (χ0v) is 21.9. The molecule has 1 aromatic carbocycles. The number of benzene rings is 1. The summed E-state index contributed by atoms with van der Waals surface area (Å²) in [6.45, 7) is 6.80. The van der Waals surface area contributed by atoms with E-state index in [1.807, 2.05) is 56.8 Å². The Labute approximate surface area is 215 Å². The summed E-state index contributed by atoms with van der Waals surface area (Å²) >= 11 is 6.51. The van der Waals surface area contributed by atoms with Crippen LogP contribution in [0, 0.1) is 12.8 Å². The van der Waals surface area contributed by atoms with Crippen molar-refractivity contribution in [2.75, 3.05) is 13.7 Å². The van der Waals surface area contributed by atoms with Crippen LogP contribution >= 0.6 is 11.6 Å². The maximum absolute atomic E-state index is 12.4. The molecule has 4 rings (SSSR count). The first-order valence-electron chi connectivity index (χ1n) is 11.7.